The Hall–Kier alpha value is -2.80. The van der Waals surface area contributed by atoms with Crippen molar-refractivity contribution in [2.45, 2.75) is 23.6 Å². The highest BCUT2D eigenvalue weighted by Gasteiger charge is 2.23. The zero-order chi connectivity index (χ0) is 18.0. The zero-order valence-electron chi connectivity index (χ0n) is 13.4. The highest BCUT2D eigenvalue weighted by molar-refractivity contribution is 8.00. The number of amides is 2. The van der Waals surface area contributed by atoms with E-state index in [2.05, 4.69) is 10.6 Å². The molecule has 0 radical (unpaired) electrons. The van der Waals surface area contributed by atoms with E-state index in [-0.39, 0.29) is 29.2 Å². The summed E-state index contributed by atoms with van der Waals surface area (Å²) in [5.41, 5.74) is 1.94. The van der Waals surface area contributed by atoms with Crippen molar-refractivity contribution in [3.8, 4) is 0 Å². The number of carboxylic acid groups (broad SMARTS) is 1. The number of hydrogen-bond donors (Lipinski definition) is 3. The van der Waals surface area contributed by atoms with Gasteiger partial charge >= 0.3 is 5.97 Å². The van der Waals surface area contributed by atoms with Gasteiger partial charge in [0.15, 0.2) is 0 Å². The third-order valence-electron chi connectivity index (χ3n) is 3.80. The monoisotopic (exact) mass is 356 g/mol. The van der Waals surface area contributed by atoms with Gasteiger partial charge in [-0.1, -0.05) is 12.1 Å². The SMILES string of the molecule is C[C@@H]1Sc2ccc(C(=O)NCc3cccc(C(=O)O)c3)cc2NC1=O. The molecule has 6 nitrogen and oxygen atoms in total. The van der Waals surface area contributed by atoms with E-state index in [9.17, 15) is 14.4 Å². The number of rotatable bonds is 4. The summed E-state index contributed by atoms with van der Waals surface area (Å²) in [5.74, 6) is -1.38. The molecule has 1 heterocycles. The van der Waals surface area contributed by atoms with Crippen molar-refractivity contribution in [3.05, 3.63) is 59.2 Å². The highest BCUT2D eigenvalue weighted by atomic mass is 32.2. The van der Waals surface area contributed by atoms with Gasteiger partial charge in [0.05, 0.1) is 16.5 Å². The summed E-state index contributed by atoms with van der Waals surface area (Å²) in [6, 6.07) is 11.6. The average Bonchev–Trinajstić information content (AvgIpc) is 2.60. The Bertz CT molecular complexity index is 866. The summed E-state index contributed by atoms with van der Waals surface area (Å²) in [7, 11) is 0. The summed E-state index contributed by atoms with van der Waals surface area (Å²) in [4.78, 5) is 36.0. The van der Waals surface area contributed by atoms with Gasteiger partial charge in [-0.2, -0.15) is 0 Å². The Balaban J connectivity index is 1.70. The number of anilines is 1. The second-order valence-electron chi connectivity index (χ2n) is 5.65. The second kappa shape index (κ2) is 6.98. The van der Waals surface area contributed by atoms with Crippen LogP contribution < -0.4 is 10.6 Å². The van der Waals surface area contributed by atoms with Crippen LogP contribution in [-0.2, 0) is 11.3 Å². The van der Waals surface area contributed by atoms with Crippen molar-refractivity contribution in [2.24, 2.45) is 0 Å². The van der Waals surface area contributed by atoms with Gasteiger partial charge in [-0.25, -0.2) is 4.79 Å². The molecule has 2 aromatic carbocycles. The first-order valence-electron chi connectivity index (χ1n) is 7.66. The zero-order valence-corrected chi connectivity index (χ0v) is 14.2. The van der Waals surface area contributed by atoms with E-state index in [4.69, 9.17) is 5.11 Å². The maximum atomic E-state index is 12.3. The first-order chi connectivity index (χ1) is 11.9. The van der Waals surface area contributed by atoms with Crippen LogP contribution in [0.2, 0.25) is 0 Å². The van der Waals surface area contributed by atoms with Gasteiger partial charge in [-0.15, -0.1) is 11.8 Å². The van der Waals surface area contributed by atoms with E-state index in [0.717, 1.165) is 4.90 Å². The molecule has 0 spiro atoms. The second-order valence-corrected chi connectivity index (χ2v) is 7.03. The van der Waals surface area contributed by atoms with E-state index in [1.807, 2.05) is 13.0 Å². The molecular formula is C18H16N2O4S. The molecular weight excluding hydrogens is 340 g/mol. The summed E-state index contributed by atoms with van der Waals surface area (Å²) in [6.07, 6.45) is 0. The van der Waals surface area contributed by atoms with Gasteiger partial charge in [0.2, 0.25) is 5.91 Å². The van der Waals surface area contributed by atoms with Crippen molar-refractivity contribution in [1.29, 1.82) is 0 Å². The minimum absolute atomic E-state index is 0.0828. The van der Waals surface area contributed by atoms with Crippen LogP contribution in [0.25, 0.3) is 0 Å². The van der Waals surface area contributed by atoms with Crippen LogP contribution in [0.3, 0.4) is 0 Å². The molecule has 1 aliphatic rings. The predicted octanol–water partition coefficient (Wildman–Crippen LogP) is 2.75. The molecule has 7 heteroatoms. The topological polar surface area (TPSA) is 95.5 Å². The van der Waals surface area contributed by atoms with Crippen LogP contribution >= 0.6 is 11.8 Å². The minimum atomic E-state index is -1.01. The lowest BCUT2D eigenvalue weighted by atomic mass is 10.1. The molecule has 0 aliphatic carbocycles. The number of thioether (sulfide) groups is 1. The van der Waals surface area contributed by atoms with E-state index in [1.54, 1.807) is 24.3 Å². The average molecular weight is 356 g/mol. The van der Waals surface area contributed by atoms with Crippen LogP contribution in [0, 0.1) is 0 Å². The van der Waals surface area contributed by atoms with Crippen molar-refractivity contribution in [1.82, 2.24) is 5.32 Å². The maximum absolute atomic E-state index is 12.3. The van der Waals surface area contributed by atoms with Crippen LogP contribution in [-0.4, -0.2) is 28.1 Å². The van der Waals surface area contributed by atoms with E-state index in [1.165, 1.54) is 23.9 Å². The smallest absolute Gasteiger partial charge is 0.335 e. The molecule has 0 bridgehead atoms. The number of carbonyl (C=O) groups is 3. The van der Waals surface area contributed by atoms with Crippen LogP contribution in [0.4, 0.5) is 5.69 Å². The minimum Gasteiger partial charge on any atom is -0.478 e. The molecule has 25 heavy (non-hydrogen) atoms. The summed E-state index contributed by atoms with van der Waals surface area (Å²) in [5, 5.41) is 14.4. The fraction of sp³-hybridized carbons (Fsp3) is 0.167. The van der Waals surface area contributed by atoms with Crippen LogP contribution in [0.15, 0.2) is 47.4 Å². The highest BCUT2D eigenvalue weighted by Crippen LogP contribution is 2.35. The Labute approximate surface area is 148 Å². The third-order valence-corrected chi connectivity index (χ3v) is 4.98. The standard InChI is InChI=1S/C18H16N2O4S/c1-10-16(21)20-14-8-12(5-6-15(14)25-10)17(22)19-9-11-3-2-4-13(7-11)18(23)24/h2-8,10H,9H2,1H3,(H,19,22)(H,20,21)(H,23,24)/t10-/m0/s1. The van der Waals surface area contributed by atoms with Gasteiger partial charge in [0.1, 0.15) is 0 Å². The molecule has 0 fully saturated rings. The third kappa shape index (κ3) is 3.83. The number of fused-ring (bicyclic) bond motifs is 1. The summed E-state index contributed by atoms with van der Waals surface area (Å²) >= 11 is 1.46. The van der Waals surface area contributed by atoms with Gasteiger partial charge in [0.25, 0.3) is 5.91 Å². The Morgan fingerprint density at radius 2 is 2.00 bits per heavy atom. The number of nitrogens with one attached hydrogen (secondary N) is 2. The molecule has 3 rings (SSSR count). The normalized spacial score (nSPS) is 15.9. The molecule has 0 unspecified atom stereocenters. The lowest BCUT2D eigenvalue weighted by Gasteiger charge is -2.21. The van der Waals surface area contributed by atoms with Gasteiger partial charge < -0.3 is 15.7 Å². The Kier molecular flexibility index (Phi) is 4.76. The number of carboxylic acids is 1. The largest absolute Gasteiger partial charge is 0.478 e. The summed E-state index contributed by atoms with van der Waals surface area (Å²) < 4.78 is 0. The van der Waals surface area contributed by atoms with Crippen molar-refractivity contribution < 1.29 is 19.5 Å². The molecule has 0 aromatic heterocycles. The lowest BCUT2D eigenvalue weighted by molar-refractivity contribution is -0.115. The quantitative estimate of drug-likeness (QED) is 0.783. The Morgan fingerprint density at radius 1 is 1.20 bits per heavy atom. The molecule has 0 saturated carbocycles. The molecule has 2 amide bonds. The van der Waals surface area contributed by atoms with Gasteiger partial charge in [0, 0.05) is 17.0 Å². The molecule has 128 valence electrons. The van der Waals surface area contributed by atoms with E-state index < -0.39 is 5.97 Å². The van der Waals surface area contributed by atoms with Crippen molar-refractivity contribution in [3.63, 3.8) is 0 Å². The molecule has 3 N–H and O–H groups in total. The number of hydrogen-bond acceptors (Lipinski definition) is 4. The van der Waals surface area contributed by atoms with E-state index >= 15 is 0 Å². The van der Waals surface area contributed by atoms with Gasteiger partial charge in [-0.3, -0.25) is 9.59 Å². The number of carbonyl (C=O) groups excluding carboxylic acids is 2. The lowest BCUT2D eigenvalue weighted by Crippen LogP contribution is -2.27. The molecule has 1 aliphatic heterocycles. The van der Waals surface area contributed by atoms with Crippen LogP contribution in [0.1, 0.15) is 33.2 Å². The fourth-order valence-corrected chi connectivity index (χ4v) is 3.38. The maximum Gasteiger partial charge on any atom is 0.335 e. The predicted molar refractivity (Wildman–Crippen MR) is 95.0 cm³/mol. The molecule has 0 saturated heterocycles. The first-order valence-corrected chi connectivity index (χ1v) is 8.54. The number of benzene rings is 2. The van der Waals surface area contributed by atoms with Gasteiger partial charge in [-0.05, 0) is 42.8 Å². The fourth-order valence-electron chi connectivity index (χ4n) is 2.45. The van der Waals surface area contributed by atoms with E-state index in [0.29, 0.717) is 16.8 Å². The Morgan fingerprint density at radius 3 is 2.76 bits per heavy atom. The molecule has 1 atom stereocenters. The summed E-state index contributed by atoms with van der Waals surface area (Å²) in [6.45, 7) is 2.05. The van der Waals surface area contributed by atoms with Crippen molar-refractivity contribution in [2.75, 3.05) is 5.32 Å². The first kappa shape index (κ1) is 17.0. The molecule has 2 aromatic rings. The number of aromatic carboxylic acids is 1. The van der Waals surface area contributed by atoms with Crippen LogP contribution in [0.5, 0.6) is 0 Å². The van der Waals surface area contributed by atoms with Crippen molar-refractivity contribution >= 4 is 35.2 Å².